The summed E-state index contributed by atoms with van der Waals surface area (Å²) in [7, 11) is 0. The molecule has 0 aliphatic rings. The van der Waals surface area contributed by atoms with E-state index in [1.165, 1.54) is 11.1 Å². The number of rotatable bonds is 2. The molecule has 0 spiro atoms. The van der Waals surface area contributed by atoms with E-state index in [0.29, 0.717) is 6.54 Å². The first-order chi connectivity index (χ1) is 8.22. The monoisotopic (exact) mass is 231 g/mol. The molecule has 2 N–H and O–H groups in total. The van der Waals surface area contributed by atoms with Crippen molar-refractivity contribution in [3.05, 3.63) is 71.3 Å². The van der Waals surface area contributed by atoms with Crippen molar-refractivity contribution in [2.45, 2.75) is 20.4 Å². The number of aryl methyl sites for hydroxylation is 2. The summed E-state index contributed by atoms with van der Waals surface area (Å²) >= 11 is 0. The first-order valence-electron chi connectivity index (χ1n) is 5.66. The minimum atomic E-state index is 0. The fourth-order valence-corrected chi connectivity index (χ4v) is 1.33. The van der Waals surface area contributed by atoms with Gasteiger partial charge in [-0.05, 0) is 19.4 Å². The highest BCUT2D eigenvalue weighted by Crippen LogP contribution is 2.01. The molecule has 0 saturated heterocycles. The summed E-state index contributed by atoms with van der Waals surface area (Å²) in [5, 5.41) is 8.34. The van der Waals surface area contributed by atoms with E-state index < -0.39 is 0 Å². The fourth-order valence-electron chi connectivity index (χ4n) is 1.33. The van der Waals surface area contributed by atoms with Gasteiger partial charge in [-0.1, -0.05) is 65.7 Å². The third kappa shape index (κ3) is 5.85. The third-order valence-corrected chi connectivity index (χ3v) is 2.34. The van der Waals surface area contributed by atoms with Gasteiger partial charge in [-0.2, -0.15) is 0 Å². The highest BCUT2D eigenvalue weighted by atomic mass is 16.5. The molecule has 2 rings (SSSR count). The van der Waals surface area contributed by atoms with Crippen LogP contribution in [0, 0.1) is 13.8 Å². The van der Waals surface area contributed by atoms with Gasteiger partial charge < -0.3 is 5.21 Å². The zero-order valence-corrected chi connectivity index (χ0v) is 10.4. The summed E-state index contributed by atoms with van der Waals surface area (Å²) in [6.07, 6.45) is 0. The number of benzene rings is 2. The molecule has 0 aliphatic heterocycles. The van der Waals surface area contributed by atoms with E-state index in [2.05, 4.69) is 24.5 Å². The Labute approximate surface area is 104 Å². The lowest BCUT2D eigenvalue weighted by Crippen LogP contribution is -2.05. The van der Waals surface area contributed by atoms with E-state index in [1.54, 1.807) is 0 Å². The van der Waals surface area contributed by atoms with E-state index in [4.69, 9.17) is 5.21 Å². The topological polar surface area (TPSA) is 32.3 Å². The van der Waals surface area contributed by atoms with Crippen molar-refractivity contribution in [3.63, 3.8) is 0 Å². The lowest BCUT2D eigenvalue weighted by molar-refractivity contribution is 0.161. The van der Waals surface area contributed by atoms with Gasteiger partial charge in [-0.3, -0.25) is 0 Å². The number of hydrogen-bond acceptors (Lipinski definition) is 2. The summed E-state index contributed by atoms with van der Waals surface area (Å²) in [5.74, 6) is 0. The molecule has 17 heavy (non-hydrogen) atoms. The maximum atomic E-state index is 8.34. The Bertz CT molecular complexity index is 414. The molecule has 2 nitrogen and oxygen atoms in total. The number of hydroxylamine groups is 1. The van der Waals surface area contributed by atoms with Crippen LogP contribution < -0.4 is 5.48 Å². The molecule has 0 saturated carbocycles. The van der Waals surface area contributed by atoms with Crippen molar-refractivity contribution in [1.29, 1.82) is 0 Å². The van der Waals surface area contributed by atoms with Crippen molar-refractivity contribution in [3.8, 4) is 0 Å². The SMILES string of the molecule is Cc1ccc(CNO)cc1.Cc1ccccc1.[HH]. The van der Waals surface area contributed by atoms with Crippen molar-refractivity contribution < 1.29 is 6.63 Å². The van der Waals surface area contributed by atoms with Crippen LogP contribution in [0.1, 0.15) is 18.1 Å². The molecule has 2 aromatic carbocycles. The Morgan fingerprint density at radius 2 is 1.41 bits per heavy atom. The smallest absolute Gasteiger partial charge is 0.0458 e. The van der Waals surface area contributed by atoms with Crippen molar-refractivity contribution in [2.24, 2.45) is 0 Å². The van der Waals surface area contributed by atoms with E-state index >= 15 is 0 Å². The molecule has 0 aliphatic carbocycles. The first kappa shape index (κ1) is 13.4. The lowest BCUT2D eigenvalue weighted by atomic mass is 10.2. The molecule has 0 fully saturated rings. The maximum absolute atomic E-state index is 8.34. The Morgan fingerprint density at radius 1 is 0.882 bits per heavy atom. The van der Waals surface area contributed by atoms with Crippen LogP contribution in [0.5, 0.6) is 0 Å². The summed E-state index contributed by atoms with van der Waals surface area (Å²) < 4.78 is 0. The predicted molar refractivity (Wildman–Crippen MR) is 73.1 cm³/mol. The molecule has 0 bridgehead atoms. The first-order valence-corrected chi connectivity index (χ1v) is 5.66. The van der Waals surface area contributed by atoms with Gasteiger partial charge in [0.2, 0.25) is 0 Å². The largest absolute Gasteiger partial charge is 0.316 e. The van der Waals surface area contributed by atoms with Gasteiger partial charge in [0.15, 0.2) is 0 Å². The molecule has 2 heteroatoms. The zero-order chi connectivity index (χ0) is 12.5. The zero-order valence-electron chi connectivity index (χ0n) is 10.4. The van der Waals surface area contributed by atoms with Crippen molar-refractivity contribution in [2.75, 3.05) is 0 Å². The minimum absolute atomic E-state index is 0. The van der Waals surface area contributed by atoms with Gasteiger partial charge in [-0.15, -0.1) is 0 Å². The van der Waals surface area contributed by atoms with Crippen LogP contribution in [-0.4, -0.2) is 5.21 Å². The van der Waals surface area contributed by atoms with E-state index in [-0.39, 0.29) is 1.43 Å². The molecular formula is C15H21NO. The van der Waals surface area contributed by atoms with E-state index in [9.17, 15) is 0 Å². The van der Waals surface area contributed by atoms with Crippen LogP contribution >= 0.6 is 0 Å². The maximum Gasteiger partial charge on any atom is 0.0458 e. The van der Waals surface area contributed by atoms with Crippen LogP contribution in [0.15, 0.2) is 54.6 Å². The van der Waals surface area contributed by atoms with Crippen LogP contribution in [0.3, 0.4) is 0 Å². The Morgan fingerprint density at radius 3 is 1.82 bits per heavy atom. The molecule has 0 radical (unpaired) electrons. The summed E-state index contributed by atoms with van der Waals surface area (Å²) in [6.45, 7) is 4.64. The molecule has 92 valence electrons. The minimum Gasteiger partial charge on any atom is -0.316 e. The van der Waals surface area contributed by atoms with E-state index in [1.807, 2.05) is 49.4 Å². The third-order valence-electron chi connectivity index (χ3n) is 2.34. The van der Waals surface area contributed by atoms with Crippen LogP contribution in [0.2, 0.25) is 0 Å². The number of hydrogen-bond donors (Lipinski definition) is 2. The molecule has 2 aromatic rings. The quantitative estimate of drug-likeness (QED) is 0.772. The predicted octanol–water partition coefficient (Wildman–Crippen LogP) is 3.71. The highest BCUT2D eigenvalue weighted by molar-refractivity contribution is 5.20. The standard InChI is InChI=1S/C8H11NO.C7H8.H2/c1-7-2-4-8(5-3-7)6-9-10;1-7-5-3-2-4-6-7;/h2-5,9-10H,6H2,1H3;2-6H,1H3;1H. The van der Waals surface area contributed by atoms with Gasteiger partial charge in [0.05, 0.1) is 0 Å². The normalized spacial score (nSPS) is 9.35. The highest BCUT2D eigenvalue weighted by Gasteiger charge is 1.88. The lowest BCUT2D eigenvalue weighted by Gasteiger charge is -1.97. The van der Waals surface area contributed by atoms with Gasteiger partial charge in [0, 0.05) is 7.97 Å². The second-order valence-corrected chi connectivity index (χ2v) is 3.98. The molecule has 0 amide bonds. The number of nitrogens with one attached hydrogen (secondary N) is 1. The summed E-state index contributed by atoms with van der Waals surface area (Å²) in [4.78, 5) is 0. The molecule has 0 unspecified atom stereocenters. The Kier molecular flexibility index (Phi) is 6.00. The molecule has 0 atom stereocenters. The second-order valence-electron chi connectivity index (χ2n) is 3.98. The van der Waals surface area contributed by atoms with Gasteiger partial charge >= 0.3 is 0 Å². The Hall–Kier alpha value is -1.64. The van der Waals surface area contributed by atoms with Crippen LogP contribution in [0.4, 0.5) is 0 Å². The van der Waals surface area contributed by atoms with Crippen molar-refractivity contribution in [1.82, 2.24) is 5.48 Å². The average Bonchev–Trinajstić information content (AvgIpc) is 2.34. The average molecular weight is 231 g/mol. The molecular weight excluding hydrogens is 210 g/mol. The molecule has 0 aromatic heterocycles. The summed E-state index contributed by atoms with van der Waals surface area (Å²) in [5.41, 5.74) is 5.75. The van der Waals surface area contributed by atoms with Gasteiger partial charge in [0.1, 0.15) is 0 Å². The van der Waals surface area contributed by atoms with Crippen LogP contribution in [-0.2, 0) is 6.54 Å². The van der Waals surface area contributed by atoms with E-state index in [0.717, 1.165) is 5.56 Å². The second kappa shape index (κ2) is 7.60. The van der Waals surface area contributed by atoms with Crippen molar-refractivity contribution >= 4 is 0 Å². The molecule has 0 heterocycles. The van der Waals surface area contributed by atoms with Crippen LogP contribution in [0.25, 0.3) is 0 Å². The van der Waals surface area contributed by atoms with Gasteiger partial charge in [-0.25, -0.2) is 5.48 Å². The van der Waals surface area contributed by atoms with Gasteiger partial charge in [0.25, 0.3) is 0 Å². The fraction of sp³-hybridized carbons (Fsp3) is 0.200. The summed E-state index contributed by atoms with van der Waals surface area (Å²) in [6, 6.07) is 18.3. The Balaban J connectivity index is 0.000000321.